The first kappa shape index (κ1) is 12.3. The smallest absolute Gasteiger partial charge is 0.227 e. The number of rotatable bonds is 2. The molecule has 2 rings (SSSR count). The molecule has 0 aliphatic carbocycles. The zero-order chi connectivity index (χ0) is 12.6. The third kappa shape index (κ3) is 2.26. The van der Waals surface area contributed by atoms with Crippen molar-refractivity contribution >= 4 is 34.8 Å². The van der Waals surface area contributed by atoms with Crippen LogP contribution in [0.1, 0.15) is 6.42 Å². The number of phenolic OH excluding ortho intramolecular Hbond substituents is 1. The predicted octanol–water partition coefficient (Wildman–Crippen LogP) is 3.24. The molecule has 1 heterocycles. The molecule has 0 spiro atoms. The van der Waals surface area contributed by atoms with Gasteiger partial charge in [-0.2, -0.15) is 0 Å². The third-order valence-electron chi connectivity index (χ3n) is 2.80. The Morgan fingerprint density at radius 1 is 1.41 bits per heavy atom. The second kappa shape index (κ2) is 4.59. The molecule has 0 radical (unpaired) electrons. The van der Waals surface area contributed by atoms with Gasteiger partial charge in [0, 0.05) is 24.6 Å². The van der Waals surface area contributed by atoms with Gasteiger partial charge in [-0.25, -0.2) is 0 Å². The van der Waals surface area contributed by atoms with Crippen molar-refractivity contribution in [2.75, 3.05) is 11.4 Å². The van der Waals surface area contributed by atoms with Gasteiger partial charge < -0.3 is 10.0 Å². The van der Waals surface area contributed by atoms with Crippen molar-refractivity contribution in [3.05, 3.63) is 34.8 Å². The molecule has 0 saturated carbocycles. The van der Waals surface area contributed by atoms with E-state index in [0.29, 0.717) is 18.7 Å². The van der Waals surface area contributed by atoms with E-state index in [1.807, 2.05) is 0 Å². The molecule has 1 aliphatic rings. The van der Waals surface area contributed by atoms with Crippen LogP contribution >= 0.6 is 23.2 Å². The van der Waals surface area contributed by atoms with E-state index in [0.717, 1.165) is 0 Å². The number of hydrogen-bond donors (Lipinski definition) is 1. The topological polar surface area (TPSA) is 40.5 Å². The van der Waals surface area contributed by atoms with Crippen molar-refractivity contribution < 1.29 is 9.90 Å². The Hall–Kier alpha value is -1.19. The van der Waals surface area contributed by atoms with Crippen LogP contribution in [0.5, 0.6) is 5.75 Å². The predicted molar refractivity (Wildman–Crippen MR) is 68.8 cm³/mol. The molecule has 1 unspecified atom stereocenters. The highest BCUT2D eigenvalue weighted by molar-refractivity contribution is 6.37. The van der Waals surface area contributed by atoms with Gasteiger partial charge in [0.05, 0.1) is 10.0 Å². The molecular weight excluding hydrogens is 261 g/mol. The van der Waals surface area contributed by atoms with Gasteiger partial charge in [0.25, 0.3) is 0 Å². The molecule has 3 nitrogen and oxygen atoms in total. The molecule has 0 bridgehead atoms. The molecule has 1 amide bonds. The number of hydrogen-bond acceptors (Lipinski definition) is 2. The van der Waals surface area contributed by atoms with Gasteiger partial charge in [-0.15, -0.1) is 6.58 Å². The minimum Gasteiger partial charge on any atom is -0.505 e. The number of carbonyl (C=O) groups excluding carboxylic acids is 1. The minimum absolute atomic E-state index is 0.00715. The van der Waals surface area contributed by atoms with Crippen LogP contribution in [0.3, 0.4) is 0 Å². The van der Waals surface area contributed by atoms with Gasteiger partial charge in [-0.05, 0) is 12.1 Å². The average molecular weight is 272 g/mol. The van der Waals surface area contributed by atoms with Crippen molar-refractivity contribution in [3.8, 4) is 5.75 Å². The molecule has 17 heavy (non-hydrogen) atoms. The Bertz CT molecular complexity index is 464. The van der Waals surface area contributed by atoms with Crippen molar-refractivity contribution in [2.24, 2.45) is 5.92 Å². The monoisotopic (exact) mass is 271 g/mol. The minimum atomic E-state index is -0.163. The Morgan fingerprint density at radius 2 is 2.00 bits per heavy atom. The molecule has 1 saturated heterocycles. The lowest BCUT2D eigenvalue weighted by molar-refractivity contribution is -0.117. The van der Waals surface area contributed by atoms with E-state index in [1.165, 1.54) is 12.1 Å². The van der Waals surface area contributed by atoms with Crippen molar-refractivity contribution in [2.45, 2.75) is 6.42 Å². The van der Waals surface area contributed by atoms with Crippen molar-refractivity contribution in [1.82, 2.24) is 0 Å². The van der Waals surface area contributed by atoms with Crippen LogP contribution in [-0.4, -0.2) is 17.6 Å². The number of nitrogens with zero attached hydrogens (tertiary/aromatic N) is 1. The van der Waals surface area contributed by atoms with E-state index in [9.17, 15) is 9.90 Å². The highest BCUT2D eigenvalue weighted by Gasteiger charge is 2.29. The molecule has 1 aromatic rings. The largest absolute Gasteiger partial charge is 0.505 e. The summed E-state index contributed by atoms with van der Waals surface area (Å²) in [5.41, 5.74) is 0.604. The fourth-order valence-corrected chi connectivity index (χ4v) is 2.33. The van der Waals surface area contributed by atoms with E-state index in [1.54, 1.807) is 11.0 Å². The number of carbonyl (C=O) groups is 1. The number of aromatic hydroxyl groups is 1. The fraction of sp³-hybridized carbons (Fsp3) is 0.250. The van der Waals surface area contributed by atoms with Crippen LogP contribution in [0.25, 0.3) is 0 Å². The van der Waals surface area contributed by atoms with Crippen LogP contribution in [0.15, 0.2) is 24.8 Å². The first-order valence-electron chi connectivity index (χ1n) is 5.14. The molecule has 0 aromatic heterocycles. The second-order valence-corrected chi connectivity index (χ2v) is 4.78. The van der Waals surface area contributed by atoms with E-state index in [-0.39, 0.29) is 27.6 Å². The van der Waals surface area contributed by atoms with Crippen LogP contribution in [-0.2, 0) is 4.79 Å². The number of halogens is 2. The summed E-state index contributed by atoms with van der Waals surface area (Å²) >= 11 is 11.6. The first-order chi connectivity index (χ1) is 8.02. The summed E-state index contributed by atoms with van der Waals surface area (Å²) in [5.74, 6) is -0.00872. The van der Waals surface area contributed by atoms with Gasteiger partial charge in [0.15, 0.2) is 5.75 Å². The molecule has 90 valence electrons. The molecule has 1 aliphatic heterocycles. The lowest BCUT2D eigenvalue weighted by atomic mass is 10.1. The van der Waals surface area contributed by atoms with Gasteiger partial charge in [-0.1, -0.05) is 29.3 Å². The van der Waals surface area contributed by atoms with Crippen LogP contribution < -0.4 is 4.90 Å². The maximum atomic E-state index is 11.8. The molecule has 1 fully saturated rings. The van der Waals surface area contributed by atoms with Crippen LogP contribution in [0.2, 0.25) is 10.0 Å². The summed E-state index contributed by atoms with van der Waals surface area (Å²) in [4.78, 5) is 13.4. The van der Waals surface area contributed by atoms with E-state index < -0.39 is 0 Å². The van der Waals surface area contributed by atoms with Gasteiger partial charge >= 0.3 is 0 Å². The molecule has 1 atom stereocenters. The summed E-state index contributed by atoms with van der Waals surface area (Å²) in [6.45, 7) is 4.25. The van der Waals surface area contributed by atoms with E-state index >= 15 is 0 Å². The highest BCUT2D eigenvalue weighted by Crippen LogP contribution is 2.37. The third-order valence-corrected chi connectivity index (χ3v) is 3.38. The summed E-state index contributed by atoms with van der Waals surface area (Å²) in [6.07, 6.45) is 2.21. The Balaban J connectivity index is 2.35. The highest BCUT2D eigenvalue weighted by atomic mass is 35.5. The van der Waals surface area contributed by atoms with Crippen molar-refractivity contribution in [1.29, 1.82) is 0 Å². The summed E-state index contributed by atoms with van der Waals surface area (Å²) in [5, 5.41) is 9.74. The van der Waals surface area contributed by atoms with Crippen LogP contribution in [0, 0.1) is 5.92 Å². The van der Waals surface area contributed by atoms with E-state index in [2.05, 4.69) is 6.58 Å². The standard InChI is InChI=1S/C12H11Cl2NO2/c1-2-7-3-11(16)15(6-7)8-4-9(13)12(17)10(14)5-8/h2,4-5,7,17H,1,3,6H2. The zero-order valence-electron chi connectivity index (χ0n) is 8.99. The van der Waals surface area contributed by atoms with Crippen molar-refractivity contribution in [3.63, 3.8) is 0 Å². The zero-order valence-corrected chi connectivity index (χ0v) is 10.5. The molecular formula is C12H11Cl2NO2. The number of amides is 1. The molecule has 1 aromatic carbocycles. The van der Waals surface area contributed by atoms with Crippen LogP contribution in [0.4, 0.5) is 5.69 Å². The molecule has 1 N–H and O–H groups in total. The lowest BCUT2D eigenvalue weighted by Crippen LogP contribution is -2.24. The van der Waals surface area contributed by atoms with Gasteiger partial charge in [0.1, 0.15) is 0 Å². The summed E-state index contributed by atoms with van der Waals surface area (Å²) in [6, 6.07) is 3.07. The Labute approximate surface area is 109 Å². The van der Waals surface area contributed by atoms with Gasteiger partial charge in [0.2, 0.25) is 5.91 Å². The number of anilines is 1. The van der Waals surface area contributed by atoms with E-state index in [4.69, 9.17) is 23.2 Å². The lowest BCUT2D eigenvalue weighted by Gasteiger charge is -2.17. The van der Waals surface area contributed by atoms with Gasteiger partial charge in [-0.3, -0.25) is 4.79 Å². The summed E-state index contributed by atoms with van der Waals surface area (Å²) in [7, 11) is 0. The average Bonchev–Trinajstić information content (AvgIpc) is 2.67. The quantitative estimate of drug-likeness (QED) is 0.839. The second-order valence-electron chi connectivity index (χ2n) is 3.96. The first-order valence-corrected chi connectivity index (χ1v) is 5.89. The maximum absolute atomic E-state index is 11.8. The Kier molecular flexibility index (Phi) is 3.31. The maximum Gasteiger partial charge on any atom is 0.227 e. The normalized spacial score (nSPS) is 19.8. The molecule has 5 heteroatoms. The number of phenols is 1. The Morgan fingerprint density at radius 3 is 2.47 bits per heavy atom. The number of benzene rings is 1. The fourth-order valence-electron chi connectivity index (χ4n) is 1.85. The summed E-state index contributed by atoms with van der Waals surface area (Å²) < 4.78 is 0. The SMILES string of the molecule is C=CC1CC(=O)N(c2cc(Cl)c(O)c(Cl)c2)C1.